The minimum Gasteiger partial charge on any atom is -0.281 e. The lowest BCUT2D eigenvalue weighted by Crippen LogP contribution is -1.94. The van der Waals surface area contributed by atoms with E-state index < -0.39 is 0 Å². The van der Waals surface area contributed by atoms with E-state index in [2.05, 4.69) is 0 Å². The Hall–Kier alpha value is -0.300. The molecule has 0 aromatic rings. The molecule has 0 unspecified atom stereocenters. The Morgan fingerprint density at radius 3 is 2.55 bits per heavy atom. The van der Waals surface area contributed by atoms with Gasteiger partial charge >= 0.3 is 0 Å². The Bertz CT molecular complexity index is 164. The van der Waals surface area contributed by atoms with Gasteiger partial charge in [0.15, 0.2) is 0 Å². The molecule has 0 amide bonds. The van der Waals surface area contributed by atoms with Crippen LogP contribution in [0.4, 0.5) is 0 Å². The van der Waals surface area contributed by atoms with Gasteiger partial charge in [0.2, 0.25) is 5.24 Å². The first kappa shape index (κ1) is 8.79. The van der Waals surface area contributed by atoms with Crippen molar-refractivity contribution in [1.82, 2.24) is 0 Å². The summed E-state index contributed by atoms with van der Waals surface area (Å²) >= 11 is 5.21. The molecule has 11 heavy (non-hydrogen) atoms. The van der Waals surface area contributed by atoms with Crippen molar-refractivity contribution in [3.63, 3.8) is 0 Å². The quantitative estimate of drug-likeness (QED) is 0.462. The molecular weight excluding hydrogens is 160 g/mol. The molecule has 0 radical (unpaired) electrons. The molecule has 0 spiro atoms. The topological polar surface area (TPSA) is 17.1 Å². The van der Waals surface area contributed by atoms with Crippen LogP contribution in [0, 0.1) is 0 Å². The third kappa shape index (κ3) is 3.57. The first-order valence-electron chi connectivity index (χ1n) is 4.15. The monoisotopic (exact) mass is 172 g/mol. The van der Waals surface area contributed by atoms with E-state index >= 15 is 0 Å². The van der Waals surface area contributed by atoms with Crippen molar-refractivity contribution in [3.05, 3.63) is 11.6 Å². The maximum absolute atomic E-state index is 10.4. The summed E-state index contributed by atoms with van der Waals surface area (Å²) in [5.41, 5.74) is 1.42. The number of allylic oxidation sites excluding steroid dienone is 2. The van der Waals surface area contributed by atoms with E-state index in [-0.39, 0.29) is 5.24 Å². The first-order chi connectivity index (χ1) is 5.29. The fraction of sp³-hybridized carbons (Fsp3) is 0.667. The zero-order valence-electron chi connectivity index (χ0n) is 6.61. The molecule has 1 rings (SSSR count). The second-order valence-corrected chi connectivity index (χ2v) is 3.40. The summed E-state index contributed by atoms with van der Waals surface area (Å²) in [7, 11) is 0. The van der Waals surface area contributed by atoms with Gasteiger partial charge in [0, 0.05) is 6.42 Å². The van der Waals surface area contributed by atoms with E-state index in [9.17, 15) is 4.79 Å². The van der Waals surface area contributed by atoms with E-state index in [1.807, 2.05) is 6.08 Å². The number of hydrogen-bond acceptors (Lipinski definition) is 1. The summed E-state index contributed by atoms with van der Waals surface area (Å²) in [5.74, 6) is 0. The molecule has 0 saturated heterocycles. The lowest BCUT2D eigenvalue weighted by Gasteiger charge is -2.12. The first-order valence-corrected chi connectivity index (χ1v) is 4.53. The van der Waals surface area contributed by atoms with Gasteiger partial charge in [-0.15, -0.1) is 0 Å². The van der Waals surface area contributed by atoms with Gasteiger partial charge in [0.05, 0.1) is 0 Å². The van der Waals surface area contributed by atoms with Crippen molar-refractivity contribution in [3.8, 4) is 0 Å². The third-order valence-corrected chi connectivity index (χ3v) is 2.20. The van der Waals surface area contributed by atoms with Crippen LogP contribution in [-0.4, -0.2) is 5.24 Å². The largest absolute Gasteiger partial charge is 0.281 e. The van der Waals surface area contributed by atoms with E-state index in [1.54, 1.807) is 0 Å². The molecule has 0 aromatic carbocycles. The van der Waals surface area contributed by atoms with Crippen molar-refractivity contribution >= 4 is 16.8 Å². The second kappa shape index (κ2) is 4.55. The maximum Gasteiger partial charge on any atom is 0.225 e. The summed E-state index contributed by atoms with van der Waals surface area (Å²) in [6.45, 7) is 0. The Morgan fingerprint density at radius 2 is 2.00 bits per heavy atom. The van der Waals surface area contributed by atoms with Gasteiger partial charge in [-0.1, -0.05) is 18.1 Å². The molecule has 1 nitrogen and oxygen atoms in total. The fourth-order valence-corrected chi connectivity index (χ4v) is 1.51. The molecule has 1 saturated carbocycles. The van der Waals surface area contributed by atoms with Crippen LogP contribution >= 0.6 is 11.6 Å². The smallest absolute Gasteiger partial charge is 0.225 e. The fourth-order valence-electron chi connectivity index (χ4n) is 1.43. The highest BCUT2D eigenvalue weighted by atomic mass is 35.5. The zero-order valence-corrected chi connectivity index (χ0v) is 7.36. The average molecular weight is 173 g/mol. The van der Waals surface area contributed by atoms with Crippen LogP contribution in [0.15, 0.2) is 11.6 Å². The second-order valence-electron chi connectivity index (χ2n) is 2.98. The van der Waals surface area contributed by atoms with Crippen LogP contribution in [-0.2, 0) is 4.79 Å². The Kier molecular flexibility index (Phi) is 3.64. The van der Waals surface area contributed by atoms with E-state index in [0.717, 1.165) is 0 Å². The predicted octanol–water partition coefficient (Wildman–Crippen LogP) is 3.03. The van der Waals surface area contributed by atoms with Gasteiger partial charge in [-0.05, 0) is 37.3 Å². The number of hydrogen-bond donors (Lipinski definition) is 0. The van der Waals surface area contributed by atoms with Gasteiger partial charge in [-0.2, -0.15) is 0 Å². The molecule has 0 aliphatic heterocycles. The molecule has 0 N–H and O–H groups in total. The average Bonchev–Trinajstić information content (AvgIpc) is 2.03. The lowest BCUT2D eigenvalue weighted by molar-refractivity contribution is -0.110. The van der Waals surface area contributed by atoms with Crippen LogP contribution < -0.4 is 0 Å². The van der Waals surface area contributed by atoms with E-state index in [1.165, 1.54) is 37.7 Å². The van der Waals surface area contributed by atoms with Crippen LogP contribution in [0.3, 0.4) is 0 Å². The molecule has 0 atom stereocenters. The van der Waals surface area contributed by atoms with E-state index in [0.29, 0.717) is 6.42 Å². The lowest BCUT2D eigenvalue weighted by atomic mass is 9.94. The molecule has 0 bridgehead atoms. The predicted molar refractivity (Wildman–Crippen MR) is 46.6 cm³/mol. The van der Waals surface area contributed by atoms with Crippen LogP contribution in [0.1, 0.15) is 38.5 Å². The minimum atomic E-state index is -0.247. The molecule has 1 aliphatic carbocycles. The Morgan fingerprint density at radius 1 is 1.36 bits per heavy atom. The van der Waals surface area contributed by atoms with E-state index in [4.69, 9.17) is 11.6 Å². The number of rotatable bonds is 2. The SMILES string of the molecule is O=C(Cl)CC=C1CCCCC1. The molecule has 0 aromatic heterocycles. The molecule has 2 heteroatoms. The van der Waals surface area contributed by atoms with Crippen molar-refractivity contribution < 1.29 is 4.79 Å². The number of carbonyl (C=O) groups excluding carboxylic acids is 1. The molecular formula is C9H13ClO. The van der Waals surface area contributed by atoms with Crippen LogP contribution in [0.25, 0.3) is 0 Å². The standard InChI is InChI=1S/C9H13ClO/c10-9(11)7-6-8-4-2-1-3-5-8/h6H,1-5,7H2. The minimum absolute atomic E-state index is 0.247. The summed E-state index contributed by atoms with van der Waals surface area (Å²) in [6.07, 6.45) is 8.65. The van der Waals surface area contributed by atoms with Gasteiger partial charge in [0.25, 0.3) is 0 Å². The molecule has 0 heterocycles. The third-order valence-electron chi connectivity index (χ3n) is 2.05. The highest BCUT2D eigenvalue weighted by molar-refractivity contribution is 6.63. The van der Waals surface area contributed by atoms with Gasteiger partial charge in [0.1, 0.15) is 0 Å². The summed E-state index contributed by atoms with van der Waals surface area (Å²) in [5, 5.41) is -0.247. The van der Waals surface area contributed by atoms with Crippen LogP contribution in [0.2, 0.25) is 0 Å². The van der Waals surface area contributed by atoms with Gasteiger partial charge < -0.3 is 0 Å². The van der Waals surface area contributed by atoms with Crippen molar-refractivity contribution in [2.45, 2.75) is 38.5 Å². The highest BCUT2D eigenvalue weighted by Gasteiger charge is 2.04. The van der Waals surface area contributed by atoms with Crippen LogP contribution in [0.5, 0.6) is 0 Å². The van der Waals surface area contributed by atoms with Crippen molar-refractivity contribution in [1.29, 1.82) is 0 Å². The van der Waals surface area contributed by atoms with Crippen molar-refractivity contribution in [2.24, 2.45) is 0 Å². The zero-order chi connectivity index (χ0) is 8.10. The Labute approximate surface area is 72.4 Å². The number of carbonyl (C=O) groups is 1. The molecule has 1 fully saturated rings. The normalized spacial score (nSPS) is 18.1. The van der Waals surface area contributed by atoms with Gasteiger partial charge in [-0.25, -0.2) is 0 Å². The Balaban J connectivity index is 2.32. The highest BCUT2D eigenvalue weighted by Crippen LogP contribution is 2.22. The summed E-state index contributed by atoms with van der Waals surface area (Å²) in [4.78, 5) is 10.4. The van der Waals surface area contributed by atoms with Gasteiger partial charge in [-0.3, -0.25) is 4.79 Å². The maximum atomic E-state index is 10.4. The summed E-state index contributed by atoms with van der Waals surface area (Å²) < 4.78 is 0. The summed E-state index contributed by atoms with van der Waals surface area (Å²) in [6, 6.07) is 0. The molecule has 62 valence electrons. The molecule has 1 aliphatic rings. The van der Waals surface area contributed by atoms with Crippen molar-refractivity contribution in [2.75, 3.05) is 0 Å². The number of halogens is 1.